The molecular formula is C15H20N2O. The van der Waals surface area contributed by atoms with Gasteiger partial charge in [-0.15, -0.1) is 0 Å². The summed E-state index contributed by atoms with van der Waals surface area (Å²) in [6.07, 6.45) is 4.33. The summed E-state index contributed by atoms with van der Waals surface area (Å²) >= 11 is 0. The molecule has 0 atom stereocenters. The first-order chi connectivity index (χ1) is 8.78. The van der Waals surface area contributed by atoms with Crippen LogP contribution in [0.25, 0.3) is 10.9 Å². The summed E-state index contributed by atoms with van der Waals surface area (Å²) in [5.74, 6) is 1.29. The van der Waals surface area contributed by atoms with Crippen LogP contribution < -0.4 is 0 Å². The Balaban J connectivity index is 1.68. The van der Waals surface area contributed by atoms with Gasteiger partial charge in [-0.3, -0.25) is 0 Å². The van der Waals surface area contributed by atoms with Crippen molar-refractivity contribution in [2.24, 2.45) is 5.92 Å². The van der Waals surface area contributed by atoms with Gasteiger partial charge in [0, 0.05) is 36.7 Å². The Morgan fingerprint density at radius 2 is 2.22 bits per heavy atom. The quantitative estimate of drug-likeness (QED) is 0.868. The van der Waals surface area contributed by atoms with E-state index in [-0.39, 0.29) is 0 Å². The Morgan fingerprint density at radius 1 is 1.39 bits per heavy atom. The summed E-state index contributed by atoms with van der Waals surface area (Å²) in [6.45, 7) is 5.84. The molecule has 3 rings (SSSR count). The maximum atomic E-state index is 9.92. The molecule has 1 aromatic carbocycles. The van der Waals surface area contributed by atoms with Crippen molar-refractivity contribution in [3.8, 4) is 5.75 Å². The SMILES string of the molecule is CCC1CN(CCc2c[nH]c3cccc(O)c23)C1. The predicted molar refractivity (Wildman–Crippen MR) is 73.9 cm³/mol. The molecule has 1 fully saturated rings. The molecule has 0 bridgehead atoms. The van der Waals surface area contributed by atoms with Crippen molar-refractivity contribution < 1.29 is 5.11 Å². The molecule has 0 spiro atoms. The molecule has 3 heteroatoms. The van der Waals surface area contributed by atoms with Crippen LogP contribution in [-0.4, -0.2) is 34.6 Å². The van der Waals surface area contributed by atoms with Crippen LogP contribution in [0, 0.1) is 5.92 Å². The standard InChI is InChI=1S/C15H20N2O/c1-2-11-9-17(10-11)7-6-12-8-16-13-4-3-5-14(18)15(12)13/h3-5,8,11,16,18H,2,6-7,9-10H2,1H3. The number of phenolic OH excluding ortho intramolecular Hbond substituents is 1. The molecule has 1 aliphatic rings. The number of hydrogen-bond acceptors (Lipinski definition) is 2. The molecule has 2 N–H and O–H groups in total. The average Bonchev–Trinajstić information content (AvgIpc) is 2.72. The van der Waals surface area contributed by atoms with Crippen molar-refractivity contribution in [3.05, 3.63) is 30.0 Å². The molecule has 0 radical (unpaired) electrons. The number of rotatable bonds is 4. The van der Waals surface area contributed by atoms with Gasteiger partial charge < -0.3 is 15.0 Å². The first kappa shape index (κ1) is 11.6. The third-order valence-electron chi connectivity index (χ3n) is 4.07. The van der Waals surface area contributed by atoms with Crippen LogP contribution in [-0.2, 0) is 6.42 Å². The Hall–Kier alpha value is -1.48. The number of aromatic nitrogens is 1. The van der Waals surface area contributed by atoms with Gasteiger partial charge in [-0.1, -0.05) is 19.4 Å². The number of phenols is 1. The van der Waals surface area contributed by atoms with Crippen LogP contribution in [0.4, 0.5) is 0 Å². The lowest BCUT2D eigenvalue weighted by atomic mass is 9.97. The molecule has 3 nitrogen and oxygen atoms in total. The van der Waals surface area contributed by atoms with Crippen LogP contribution in [0.2, 0.25) is 0 Å². The minimum Gasteiger partial charge on any atom is -0.507 e. The number of aromatic amines is 1. The largest absolute Gasteiger partial charge is 0.507 e. The number of hydrogen-bond donors (Lipinski definition) is 2. The zero-order valence-electron chi connectivity index (χ0n) is 10.8. The lowest BCUT2D eigenvalue weighted by molar-refractivity contribution is 0.0995. The van der Waals surface area contributed by atoms with Crippen molar-refractivity contribution in [2.75, 3.05) is 19.6 Å². The highest BCUT2D eigenvalue weighted by Crippen LogP contribution is 2.28. The Kier molecular flexibility index (Phi) is 3.00. The van der Waals surface area contributed by atoms with Gasteiger partial charge in [0.2, 0.25) is 0 Å². The average molecular weight is 244 g/mol. The van der Waals surface area contributed by atoms with E-state index in [1.54, 1.807) is 6.07 Å². The first-order valence-electron chi connectivity index (χ1n) is 6.78. The highest BCUT2D eigenvalue weighted by atomic mass is 16.3. The van der Waals surface area contributed by atoms with Crippen LogP contribution in [0.5, 0.6) is 5.75 Å². The molecule has 1 aliphatic heterocycles. The number of H-pyrrole nitrogens is 1. The number of likely N-dealkylation sites (tertiary alicyclic amines) is 1. The van der Waals surface area contributed by atoms with E-state index in [1.807, 2.05) is 18.3 Å². The fourth-order valence-electron chi connectivity index (χ4n) is 2.83. The normalized spacial score (nSPS) is 17.2. The van der Waals surface area contributed by atoms with E-state index in [4.69, 9.17) is 0 Å². The number of aromatic hydroxyl groups is 1. The van der Waals surface area contributed by atoms with Crippen LogP contribution >= 0.6 is 0 Å². The second-order valence-electron chi connectivity index (χ2n) is 5.30. The topological polar surface area (TPSA) is 39.3 Å². The minimum absolute atomic E-state index is 0.388. The fourth-order valence-corrected chi connectivity index (χ4v) is 2.83. The lowest BCUT2D eigenvalue weighted by Gasteiger charge is -2.38. The summed E-state index contributed by atoms with van der Waals surface area (Å²) < 4.78 is 0. The van der Waals surface area contributed by atoms with E-state index in [0.717, 1.165) is 29.8 Å². The van der Waals surface area contributed by atoms with E-state index >= 15 is 0 Å². The second kappa shape index (κ2) is 4.65. The summed E-state index contributed by atoms with van der Waals surface area (Å²) in [6, 6.07) is 5.64. The van der Waals surface area contributed by atoms with Gasteiger partial charge in [0.25, 0.3) is 0 Å². The second-order valence-corrected chi connectivity index (χ2v) is 5.30. The molecule has 2 aromatic rings. The van der Waals surface area contributed by atoms with E-state index in [9.17, 15) is 5.11 Å². The van der Waals surface area contributed by atoms with Crippen molar-refractivity contribution in [1.82, 2.24) is 9.88 Å². The molecule has 96 valence electrons. The smallest absolute Gasteiger partial charge is 0.125 e. The summed E-state index contributed by atoms with van der Waals surface area (Å²) in [4.78, 5) is 5.72. The van der Waals surface area contributed by atoms with Crippen molar-refractivity contribution in [1.29, 1.82) is 0 Å². The summed E-state index contributed by atoms with van der Waals surface area (Å²) in [7, 11) is 0. The van der Waals surface area contributed by atoms with Crippen LogP contribution in [0.1, 0.15) is 18.9 Å². The highest BCUT2D eigenvalue weighted by molar-refractivity contribution is 5.88. The van der Waals surface area contributed by atoms with E-state index in [2.05, 4.69) is 16.8 Å². The van der Waals surface area contributed by atoms with Crippen LogP contribution in [0.15, 0.2) is 24.4 Å². The number of benzene rings is 1. The van der Waals surface area contributed by atoms with Gasteiger partial charge in [0.05, 0.1) is 0 Å². The third-order valence-corrected chi connectivity index (χ3v) is 4.07. The van der Waals surface area contributed by atoms with E-state index < -0.39 is 0 Å². The lowest BCUT2D eigenvalue weighted by Crippen LogP contribution is -2.46. The highest BCUT2D eigenvalue weighted by Gasteiger charge is 2.24. The third kappa shape index (κ3) is 1.99. The van der Waals surface area contributed by atoms with Gasteiger partial charge in [0.1, 0.15) is 5.75 Å². The molecule has 0 amide bonds. The van der Waals surface area contributed by atoms with Gasteiger partial charge in [-0.2, -0.15) is 0 Å². The summed E-state index contributed by atoms with van der Waals surface area (Å²) in [5.41, 5.74) is 2.25. The Morgan fingerprint density at radius 3 is 3.00 bits per heavy atom. The zero-order chi connectivity index (χ0) is 12.5. The molecule has 0 aliphatic carbocycles. The van der Waals surface area contributed by atoms with Crippen molar-refractivity contribution >= 4 is 10.9 Å². The molecule has 1 aromatic heterocycles. The molecule has 0 saturated carbocycles. The molecule has 1 saturated heterocycles. The maximum absolute atomic E-state index is 9.92. The maximum Gasteiger partial charge on any atom is 0.125 e. The molecular weight excluding hydrogens is 224 g/mol. The molecule has 18 heavy (non-hydrogen) atoms. The van der Waals surface area contributed by atoms with E-state index in [1.165, 1.54) is 25.1 Å². The first-order valence-corrected chi connectivity index (χ1v) is 6.78. The molecule has 2 heterocycles. The van der Waals surface area contributed by atoms with Gasteiger partial charge in [0.15, 0.2) is 0 Å². The monoisotopic (exact) mass is 244 g/mol. The number of fused-ring (bicyclic) bond motifs is 1. The predicted octanol–water partition coefficient (Wildman–Crippen LogP) is 2.76. The Bertz CT molecular complexity index is 540. The number of nitrogens with one attached hydrogen (secondary N) is 1. The Labute approximate surface area is 107 Å². The number of nitrogens with zero attached hydrogens (tertiary/aromatic N) is 1. The molecule has 0 unspecified atom stereocenters. The zero-order valence-corrected chi connectivity index (χ0v) is 10.8. The van der Waals surface area contributed by atoms with Crippen LogP contribution in [0.3, 0.4) is 0 Å². The van der Waals surface area contributed by atoms with Gasteiger partial charge in [-0.05, 0) is 30.0 Å². The van der Waals surface area contributed by atoms with Crippen molar-refractivity contribution in [3.63, 3.8) is 0 Å². The van der Waals surface area contributed by atoms with Gasteiger partial charge >= 0.3 is 0 Å². The minimum atomic E-state index is 0.388. The van der Waals surface area contributed by atoms with E-state index in [0.29, 0.717) is 5.75 Å². The summed E-state index contributed by atoms with van der Waals surface area (Å²) in [5, 5.41) is 10.9. The van der Waals surface area contributed by atoms with Gasteiger partial charge in [-0.25, -0.2) is 0 Å². The fraction of sp³-hybridized carbons (Fsp3) is 0.467. The van der Waals surface area contributed by atoms with Crippen molar-refractivity contribution in [2.45, 2.75) is 19.8 Å².